The van der Waals surface area contributed by atoms with Crippen molar-refractivity contribution in [2.75, 3.05) is 26.2 Å². The van der Waals surface area contributed by atoms with Gasteiger partial charge in [-0.1, -0.05) is 6.92 Å². The fourth-order valence-electron chi connectivity index (χ4n) is 3.20. The van der Waals surface area contributed by atoms with Crippen LogP contribution in [0.2, 0.25) is 0 Å². The average Bonchev–Trinajstić information content (AvgIpc) is 2.85. The van der Waals surface area contributed by atoms with Crippen molar-refractivity contribution in [2.24, 2.45) is 14.1 Å². The van der Waals surface area contributed by atoms with E-state index in [1.807, 2.05) is 0 Å². The summed E-state index contributed by atoms with van der Waals surface area (Å²) in [5, 5.41) is 0. The van der Waals surface area contributed by atoms with E-state index in [9.17, 15) is 18.0 Å². The van der Waals surface area contributed by atoms with Crippen molar-refractivity contribution >= 4 is 27.0 Å². The highest BCUT2D eigenvalue weighted by atomic mass is 32.2. The van der Waals surface area contributed by atoms with Crippen molar-refractivity contribution in [3.63, 3.8) is 0 Å². The number of sulfonamides is 1. The van der Waals surface area contributed by atoms with Gasteiger partial charge in [0.15, 0.2) is 0 Å². The first-order valence-electron chi connectivity index (χ1n) is 8.20. The van der Waals surface area contributed by atoms with Crippen molar-refractivity contribution in [1.29, 1.82) is 0 Å². The molecule has 25 heavy (non-hydrogen) atoms. The molecule has 0 bridgehead atoms. The Morgan fingerprint density at radius 3 is 2.24 bits per heavy atom. The van der Waals surface area contributed by atoms with Crippen molar-refractivity contribution < 1.29 is 13.2 Å². The van der Waals surface area contributed by atoms with Gasteiger partial charge in [-0.25, -0.2) is 13.2 Å². The Morgan fingerprint density at radius 2 is 1.64 bits per heavy atom. The number of carbonyl (C=O) groups is 1. The van der Waals surface area contributed by atoms with Gasteiger partial charge in [-0.15, -0.1) is 0 Å². The second-order valence-electron chi connectivity index (χ2n) is 6.19. The van der Waals surface area contributed by atoms with Gasteiger partial charge in [0.25, 0.3) is 0 Å². The summed E-state index contributed by atoms with van der Waals surface area (Å²) >= 11 is 0. The lowest BCUT2D eigenvalue weighted by Gasteiger charge is -2.33. The van der Waals surface area contributed by atoms with E-state index in [-0.39, 0.29) is 29.6 Å². The number of nitrogens with zero attached hydrogens (tertiary/aromatic N) is 4. The molecule has 1 saturated heterocycles. The third kappa shape index (κ3) is 2.87. The predicted molar refractivity (Wildman–Crippen MR) is 93.8 cm³/mol. The summed E-state index contributed by atoms with van der Waals surface area (Å²) in [5.41, 5.74) is 1.06. The van der Waals surface area contributed by atoms with Crippen LogP contribution < -0.4 is 5.69 Å². The van der Waals surface area contributed by atoms with Gasteiger partial charge in [0, 0.05) is 46.7 Å². The molecule has 8 nitrogen and oxygen atoms in total. The lowest BCUT2D eigenvalue weighted by atomic mass is 10.3. The molecule has 0 unspecified atom stereocenters. The van der Waals surface area contributed by atoms with E-state index in [0.29, 0.717) is 30.5 Å². The molecule has 1 amide bonds. The van der Waals surface area contributed by atoms with Crippen molar-refractivity contribution in [3.8, 4) is 0 Å². The minimum atomic E-state index is -3.66. The highest BCUT2D eigenvalue weighted by Gasteiger charge is 2.30. The Balaban J connectivity index is 1.91. The molecule has 1 aromatic heterocycles. The predicted octanol–water partition coefficient (Wildman–Crippen LogP) is 0.120. The van der Waals surface area contributed by atoms with Crippen LogP contribution in [0.1, 0.15) is 13.3 Å². The maximum Gasteiger partial charge on any atom is 0.328 e. The van der Waals surface area contributed by atoms with Gasteiger partial charge in [-0.2, -0.15) is 4.31 Å². The van der Waals surface area contributed by atoms with Crippen LogP contribution in [0.25, 0.3) is 11.0 Å². The Bertz CT molecular complexity index is 981. The fourth-order valence-corrected chi connectivity index (χ4v) is 4.64. The molecule has 0 N–H and O–H groups in total. The zero-order valence-electron chi connectivity index (χ0n) is 14.6. The smallest absolute Gasteiger partial charge is 0.328 e. The normalized spacial score (nSPS) is 16.5. The van der Waals surface area contributed by atoms with Gasteiger partial charge < -0.3 is 4.90 Å². The molecular formula is C16H22N4O4S. The first kappa shape index (κ1) is 17.7. The number of piperazine rings is 1. The van der Waals surface area contributed by atoms with Crippen molar-refractivity contribution in [1.82, 2.24) is 18.3 Å². The molecule has 0 radical (unpaired) electrons. The topological polar surface area (TPSA) is 84.6 Å². The molecule has 9 heteroatoms. The van der Waals surface area contributed by atoms with Gasteiger partial charge in [-0.05, 0) is 18.2 Å². The molecule has 1 fully saturated rings. The molecule has 0 spiro atoms. The van der Waals surface area contributed by atoms with Crippen LogP contribution in [0.3, 0.4) is 0 Å². The van der Waals surface area contributed by atoms with Crippen LogP contribution in [0.4, 0.5) is 0 Å². The summed E-state index contributed by atoms with van der Waals surface area (Å²) in [7, 11) is -0.382. The Hall–Kier alpha value is -2.13. The molecule has 1 aliphatic heterocycles. The quantitative estimate of drug-likeness (QED) is 0.772. The Morgan fingerprint density at radius 1 is 1.04 bits per heavy atom. The lowest BCUT2D eigenvalue weighted by molar-refractivity contribution is -0.132. The van der Waals surface area contributed by atoms with Gasteiger partial charge in [-0.3, -0.25) is 13.9 Å². The van der Waals surface area contributed by atoms with Crippen LogP contribution in [0.5, 0.6) is 0 Å². The maximum atomic E-state index is 12.9. The number of carbonyl (C=O) groups excluding carboxylic acids is 1. The SMILES string of the molecule is CCC(=O)N1CCN(S(=O)(=O)c2ccc3c(c2)n(C)c(=O)n3C)CC1. The third-order valence-corrected chi connectivity index (χ3v) is 6.67. The number of hydrogen-bond acceptors (Lipinski definition) is 4. The standard InChI is InChI=1S/C16H22N4O4S/c1-4-15(21)19-7-9-20(10-8-19)25(23,24)12-5-6-13-14(11-12)18(3)16(22)17(13)2/h5-6,11H,4,7-10H2,1-3H3. The van der Waals surface area contributed by atoms with E-state index in [0.717, 1.165) is 0 Å². The number of hydrogen-bond donors (Lipinski definition) is 0. The summed E-state index contributed by atoms with van der Waals surface area (Å²) < 4.78 is 30.1. The number of imidazole rings is 1. The van der Waals surface area contributed by atoms with Crippen molar-refractivity contribution in [3.05, 3.63) is 28.7 Å². The number of rotatable bonds is 3. The zero-order chi connectivity index (χ0) is 18.4. The number of benzene rings is 1. The summed E-state index contributed by atoms with van der Waals surface area (Å²) in [4.78, 5) is 25.6. The molecule has 1 aliphatic rings. The summed E-state index contributed by atoms with van der Waals surface area (Å²) in [5.74, 6) is 0.0396. The number of aryl methyl sites for hydroxylation is 2. The van der Waals surface area contributed by atoms with Crippen molar-refractivity contribution in [2.45, 2.75) is 18.2 Å². The van der Waals surface area contributed by atoms with E-state index in [1.54, 1.807) is 32.0 Å². The largest absolute Gasteiger partial charge is 0.340 e. The minimum absolute atomic E-state index is 0.0396. The average molecular weight is 366 g/mol. The maximum absolute atomic E-state index is 12.9. The number of fused-ring (bicyclic) bond motifs is 1. The van der Waals surface area contributed by atoms with Gasteiger partial charge >= 0.3 is 5.69 Å². The van der Waals surface area contributed by atoms with E-state index < -0.39 is 10.0 Å². The van der Waals surface area contributed by atoms with Crippen LogP contribution in [0.15, 0.2) is 27.9 Å². The van der Waals surface area contributed by atoms with Crippen LogP contribution in [0, 0.1) is 0 Å². The van der Waals surface area contributed by atoms with Gasteiger partial charge in [0.2, 0.25) is 15.9 Å². The molecular weight excluding hydrogens is 344 g/mol. The third-order valence-electron chi connectivity index (χ3n) is 4.78. The molecule has 1 aromatic carbocycles. The molecule has 2 aromatic rings. The van der Waals surface area contributed by atoms with Gasteiger partial charge in [0.1, 0.15) is 0 Å². The van der Waals surface area contributed by atoms with Crippen LogP contribution >= 0.6 is 0 Å². The van der Waals surface area contributed by atoms with E-state index in [2.05, 4.69) is 0 Å². The zero-order valence-corrected chi connectivity index (χ0v) is 15.4. The summed E-state index contributed by atoms with van der Waals surface area (Å²) in [6.07, 6.45) is 0.422. The van der Waals surface area contributed by atoms with E-state index >= 15 is 0 Å². The van der Waals surface area contributed by atoms with Crippen LogP contribution in [-0.4, -0.2) is 58.8 Å². The fraction of sp³-hybridized carbons (Fsp3) is 0.500. The molecule has 0 saturated carbocycles. The molecule has 0 atom stereocenters. The van der Waals surface area contributed by atoms with Crippen LogP contribution in [-0.2, 0) is 28.9 Å². The highest BCUT2D eigenvalue weighted by molar-refractivity contribution is 7.89. The first-order valence-corrected chi connectivity index (χ1v) is 9.64. The van der Waals surface area contributed by atoms with Gasteiger partial charge in [0.05, 0.1) is 15.9 Å². The monoisotopic (exact) mass is 366 g/mol. The molecule has 2 heterocycles. The number of amides is 1. The summed E-state index contributed by atoms with van der Waals surface area (Å²) in [6, 6.07) is 4.72. The van der Waals surface area contributed by atoms with E-state index in [4.69, 9.17) is 0 Å². The molecule has 3 rings (SSSR count). The second kappa shape index (κ2) is 6.30. The highest BCUT2D eigenvalue weighted by Crippen LogP contribution is 2.22. The van der Waals surface area contributed by atoms with E-state index in [1.165, 1.54) is 25.6 Å². The Labute approximate surface area is 146 Å². The first-order chi connectivity index (χ1) is 11.8. The Kier molecular flexibility index (Phi) is 4.46. The molecule has 136 valence electrons. The lowest BCUT2D eigenvalue weighted by Crippen LogP contribution is -2.50. The minimum Gasteiger partial charge on any atom is -0.340 e. The number of aromatic nitrogens is 2. The summed E-state index contributed by atoms with van der Waals surface area (Å²) in [6.45, 7) is 3.15. The molecule has 0 aliphatic carbocycles. The second-order valence-corrected chi connectivity index (χ2v) is 8.13.